The van der Waals surface area contributed by atoms with E-state index in [1.165, 1.54) is 6.92 Å². The molecule has 0 spiro atoms. The maximum atomic E-state index is 12.0. The first kappa shape index (κ1) is 19.2. The molecule has 0 radical (unpaired) electrons. The van der Waals surface area contributed by atoms with Crippen molar-refractivity contribution in [3.05, 3.63) is 59.7 Å². The SMILES string of the molecule is CCOC(=O)c1ccccc1NCCC(=O)Nc1ccc(C(C)=O)cc1. The van der Waals surface area contributed by atoms with Crippen LogP contribution in [0, 0.1) is 0 Å². The van der Waals surface area contributed by atoms with Gasteiger partial charge in [-0.15, -0.1) is 0 Å². The topological polar surface area (TPSA) is 84.5 Å². The molecule has 0 aliphatic heterocycles. The molecule has 6 heteroatoms. The highest BCUT2D eigenvalue weighted by Crippen LogP contribution is 2.16. The van der Waals surface area contributed by atoms with Crippen LogP contribution in [0.2, 0.25) is 0 Å². The summed E-state index contributed by atoms with van der Waals surface area (Å²) in [5.74, 6) is -0.584. The minimum absolute atomic E-state index is 0.0210. The number of esters is 1. The molecule has 2 aromatic carbocycles. The summed E-state index contributed by atoms with van der Waals surface area (Å²) in [6.07, 6.45) is 0.228. The first-order valence-corrected chi connectivity index (χ1v) is 8.42. The third kappa shape index (κ3) is 5.44. The molecule has 2 aromatic rings. The lowest BCUT2D eigenvalue weighted by Gasteiger charge is -2.11. The zero-order valence-corrected chi connectivity index (χ0v) is 14.9. The van der Waals surface area contributed by atoms with Gasteiger partial charge in [0.05, 0.1) is 12.2 Å². The number of amides is 1. The number of para-hydroxylation sites is 1. The molecule has 0 saturated heterocycles. The lowest BCUT2D eigenvalue weighted by molar-refractivity contribution is -0.115. The molecule has 2 N–H and O–H groups in total. The molecule has 0 heterocycles. The van der Waals surface area contributed by atoms with E-state index in [2.05, 4.69) is 10.6 Å². The predicted molar refractivity (Wildman–Crippen MR) is 101 cm³/mol. The number of hydrogen-bond donors (Lipinski definition) is 2. The van der Waals surface area contributed by atoms with Crippen molar-refractivity contribution >= 4 is 29.0 Å². The maximum Gasteiger partial charge on any atom is 0.340 e. The molecule has 26 heavy (non-hydrogen) atoms. The monoisotopic (exact) mass is 354 g/mol. The van der Waals surface area contributed by atoms with E-state index in [4.69, 9.17) is 4.74 Å². The van der Waals surface area contributed by atoms with Gasteiger partial charge < -0.3 is 15.4 Å². The zero-order chi connectivity index (χ0) is 18.9. The van der Waals surface area contributed by atoms with Crippen LogP contribution in [0.5, 0.6) is 0 Å². The second-order valence-corrected chi connectivity index (χ2v) is 5.62. The third-order valence-electron chi connectivity index (χ3n) is 3.67. The number of carbonyl (C=O) groups is 3. The Balaban J connectivity index is 1.87. The Labute approximate surface area is 152 Å². The quantitative estimate of drug-likeness (QED) is 0.560. The van der Waals surface area contributed by atoms with E-state index >= 15 is 0 Å². The second kappa shape index (κ2) is 9.36. The summed E-state index contributed by atoms with van der Waals surface area (Å²) in [5, 5.41) is 5.86. The normalized spacial score (nSPS) is 10.1. The van der Waals surface area contributed by atoms with Crippen LogP contribution < -0.4 is 10.6 Å². The molecule has 2 rings (SSSR count). The lowest BCUT2D eigenvalue weighted by atomic mass is 10.1. The maximum absolute atomic E-state index is 12.0. The van der Waals surface area contributed by atoms with Gasteiger partial charge in [-0.05, 0) is 50.2 Å². The highest BCUT2D eigenvalue weighted by Gasteiger charge is 2.12. The van der Waals surface area contributed by atoms with Gasteiger partial charge in [-0.1, -0.05) is 12.1 Å². The number of ketones is 1. The van der Waals surface area contributed by atoms with E-state index in [-0.39, 0.29) is 18.1 Å². The fourth-order valence-corrected chi connectivity index (χ4v) is 2.35. The molecular weight excluding hydrogens is 332 g/mol. The van der Waals surface area contributed by atoms with Crippen LogP contribution in [-0.4, -0.2) is 30.8 Å². The van der Waals surface area contributed by atoms with Crippen molar-refractivity contribution in [1.82, 2.24) is 0 Å². The molecule has 1 amide bonds. The van der Waals surface area contributed by atoms with Crippen LogP contribution >= 0.6 is 0 Å². The number of hydrogen-bond acceptors (Lipinski definition) is 5. The van der Waals surface area contributed by atoms with E-state index in [0.717, 1.165) is 0 Å². The molecule has 0 saturated carbocycles. The van der Waals surface area contributed by atoms with Crippen molar-refractivity contribution in [1.29, 1.82) is 0 Å². The number of benzene rings is 2. The van der Waals surface area contributed by atoms with Gasteiger partial charge in [0.25, 0.3) is 0 Å². The Morgan fingerprint density at radius 2 is 1.69 bits per heavy atom. The van der Waals surface area contributed by atoms with Crippen molar-refractivity contribution in [2.45, 2.75) is 20.3 Å². The Morgan fingerprint density at radius 1 is 1.00 bits per heavy atom. The number of rotatable bonds is 8. The summed E-state index contributed by atoms with van der Waals surface area (Å²) in [5.41, 5.74) is 2.30. The average molecular weight is 354 g/mol. The number of nitrogens with one attached hydrogen (secondary N) is 2. The van der Waals surface area contributed by atoms with Crippen LogP contribution in [0.25, 0.3) is 0 Å². The number of Topliss-reactive ketones (excluding diaryl/α,β-unsaturated/α-hetero) is 1. The van der Waals surface area contributed by atoms with Gasteiger partial charge in [0.2, 0.25) is 5.91 Å². The molecule has 6 nitrogen and oxygen atoms in total. The van der Waals surface area contributed by atoms with Crippen molar-refractivity contribution in [2.24, 2.45) is 0 Å². The highest BCUT2D eigenvalue weighted by atomic mass is 16.5. The molecule has 136 valence electrons. The standard InChI is InChI=1S/C20H22N2O4/c1-3-26-20(25)17-6-4-5-7-18(17)21-13-12-19(24)22-16-10-8-15(9-11-16)14(2)23/h4-11,21H,3,12-13H2,1-2H3,(H,22,24). The summed E-state index contributed by atoms with van der Waals surface area (Å²) in [4.78, 5) is 35.2. The fraction of sp³-hybridized carbons (Fsp3) is 0.250. The van der Waals surface area contributed by atoms with Crippen molar-refractivity contribution in [2.75, 3.05) is 23.8 Å². The first-order valence-electron chi connectivity index (χ1n) is 8.42. The summed E-state index contributed by atoms with van der Waals surface area (Å²) in [6, 6.07) is 13.7. The summed E-state index contributed by atoms with van der Waals surface area (Å²) in [7, 11) is 0. The lowest BCUT2D eigenvalue weighted by Crippen LogP contribution is -2.17. The summed E-state index contributed by atoms with van der Waals surface area (Å²) < 4.78 is 5.02. The van der Waals surface area contributed by atoms with E-state index in [0.29, 0.717) is 35.7 Å². The molecular formula is C20H22N2O4. The summed E-state index contributed by atoms with van der Waals surface area (Å²) in [6.45, 7) is 3.92. The van der Waals surface area contributed by atoms with Crippen LogP contribution in [0.1, 0.15) is 41.0 Å². The number of ether oxygens (including phenoxy) is 1. The van der Waals surface area contributed by atoms with Crippen LogP contribution in [0.4, 0.5) is 11.4 Å². The first-order chi connectivity index (χ1) is 12.5. The van der Waals surface area contributed by atoms with Crippen LogP contribution in [0.3, 0.4) is 0 Å². The third-order valence-corrected chi connectivity index (χ3v) is 3.67. The fourth-order valence-electron chi connectivity index (χ4n) is 2.35. The van der Waals surface area contributed by atoms with Gasteiger partial charge >= 0.3 is 5.97 Å². The largest absolute Gasteiger partial charge is 0.462 e. The molecule has 0 aliphatic rings. The Kier molecular flexibility index (Phi) is 6.91. The van der Waals surface area contributed by atoms with Gasteiger partial charge in [0, 0.05) is 29.9 Å². The van der Waals surface area contributed by atoms with E-state index in [1.54, 1.807) is 49.4 Å². The molecule has 0 unspecified atom stereocenters. The van der Waals surface area contributed by atoms with Gasteiger partial charge in [0.15, 0.2) is 5.78 Å². The molecule has 0 atom stereocenters. The highest BCUT2D eigenvalue weighted by molar-refractivity contribution is 5.96. The smallest absolute Gasteiger partial charge is 0.340 e. The van der Waals surface area contributed by atoms with Crippen LogP contribution in [-0.2, 0) is 9.53 Å². The van der Waals surface area contributed by atoms with E-state index in [1.807, 2.05) is 6.07 Å². The average Bonchev–Trinajstić information content (AvgIpc) is 2.62. The number of anilines is 2. The van der Waals surface area contributed by atoms with Crippen LogP contribution in [0.15, 0.2) is 48.5 Å². The minimum atomic E-state index is -0.398. The van der Waals surface area contributed by atoms with Crippen molar-refractivity contribution in [3.8, 4) is 0 Å². The van der Waals surface area contributed by atoms with Gasteiger partial charge in [-0.2, -0.15) is 0 Å². The van der Waals surface area contributed by atoms with Crippen molar-refractivity contribution in [3.63, 3.8) is 0 Å². The minimum Gasteiger partial charge on any atom is -0.462 e. The Hall–Kier alpha value is -3.15. The molecule has 0 aliphatic carbocycles. The number of carbonyl (C=O) groups excluding carboxylic acids is 3. The van der Waals surface area contributed by atoms with Crippen molar-refractivity contribution < 1.29 is 19.1 Å². The van der Waals surface area contributed by atoms with Gasteiger partial charge in [-0.3, -0.25) is 9.59 Å². The van der Waals surface area contributed by atoms with Gasteiger partial charge in [0.1, 0.15) is 0 Å². The molecule has 0 bridgehead atoms. The zero-order valence-electron chi connectivity index (χ0n) is 14.9. The molecule has 0 aromatic heterocycles. The predicted octanol–water partition coefficient (Wildman–Crippen LogP) is 3.51. The second-order valence-electron chi connectivity index (χ2n) is 5.62. The Morgan fingerprint density at radius 3 is 2.35 bits per heavy atom. The van der Waals surface area contributed by atoms with E-state index in [9.17, 15) is 14.4 Å². The Bertz CT molecular complexity index is 785. The van der Waals surface area contributed by atoms with Gasteiger partial charge in [-0.25, -0.2) is 4.79 Å². The summed E-state index contributed by atoms with van der Waals surface area (Å²) >= 11 is 0. The van der Waals surface area contributed by atoms with E-state index < -0.39 is 5.97 Å². The molecule has 0 fully saturated rings.